The van der Waals surface area contributed by atoms with Gasteiger partial charge in [-0.1, -0.05) is 20.8 Å². The maximum Gasteiger partial charge on any atom is 0.223 e. The quantitative estimate of drug-likeness (QED) is 0.666. The van der Waals surface area contributed by atoms with Crippen molar-refractivity contribution in [1.82, 2.24) is 4.90 Å². The SMILES string of the molecule is CC(C)(C)CC(=O)N1CC2C3CC[C@H]3C2C1. The highest BCUT2D eigenvalue weighted by Gasteiger charge is 2.59. The van der Waals surface area contributed by atoms with Crippen LogP contribution in [0.25, 0.3) is 0 Å². The number of hydrogen-bond donors (Lipinski definition) is 0. The molecule has 2 heteroatoms. The Morgan fingerprint density at radius 2 is 1.56 bits per heavy atom. The van der Waals surface area contributed by atoms with Gasteiger partial charge in [0.05, 0.1) is 0 Å². The van der Waals surface area contributed by atoms with Gasteiger partial charge in [-0.05, 0) is 41.9 Å². The minimum Gasteiger partial charge on any atom is -0.342 e. The minimum atomic E-state index is 0.137. The molecule has 0 spiro atoms. The van der Waals surface area contributed by atoms with Crippen molar-refractivity contribution < 1.29 is 4.79 Å². The van der Waals surface area contributed by atoms with Crippen LogP contribution in [0, 0.1) is 29.1 Å². The summed E-state index contributed by atoms with van der Waals surface area (Å²) in [6, 6.07) is 0. The number of carbonyl (C=O) groups excluding carboxylic acids is 1. The minimum absolute atomic E-state index is 0.137. The van der Waals surface area contributed by atoms with Gasteiger partial charge in [-0.25, -0.2) is 0 Å². The van der Waals surface area contributed by atoms with E-state index in [-0.39, 0.29) is 5.41 Å². The van der Waals surface area contributed by atoms with Crippen LogP contribution in [0.3, 0.4) is 0 Å². The first-order valence-corrected chi connectivity index (χ1v) is 6.73. The highest BCUT2D eigenvalue weighted by atomic mass is 16.2. The van der Waals surface area contributed by atoms with Crippen molar-refractivity contribution in [3.8, 4) is 0 Å². The third-order valence-corrected chi connectivity index (χ3v) is 4.93. The molecule has 3 aliphatic rings. The molecule has 1 heterocycles. The number of hydrogen-bond acceptors (Lipinski definition) is 1. The van der Waals surface area contributed by atoms with Crippen molar-refractivity contribution in [3.05, 3.63) is 0 Å². The van der Waals surface area contributed by atoms with E-state index >= 15 is 0 Å². The Morgan fingerprint density at radius 3 is 1.94 bits per heavy atom. The summed E-state index contributed by atoms with van der Waals surface area (Å²) in [6.07, 6.45) is 3.59. The molecule has 0 bridgehead atoms. The van der Waals surface area contributed by atoms with Crippen LogP contribution in [-0.2, 0) is 4.79 Å². The van der Waals surface area contributed by atoms with E-state index in [1.807, 2.05) is 0 Å². The summed E-state index contributed by atoms with van der Waals surface area (Å²) in [5, 5.41) is 0. The van der Waals surface area contributed by atoms with Crippen LogP contribution in [0.2, 0.25) is 0 Å². The molecule has 0 aromatic rings. The molecule has 1 amide bonds. The van der Waals surface area contributed by atoms with Crippen LogP contribution in [0.15, 0.2) is 0 Å². The van der Waals surface area contributed by atoms with Gasteiger partial charge in [0.25, 0.3) is 0 Å². The highest BCUT2D eigenvalue weighted by molar-refractivity contribution is 5.77. The summed E-state index contributed by atoms with van der Waals surface area (Å²) in [5.41, 5.74) is 0.137. The lowest BCUT2D eigenvalue weighted by Gasteiger charge is -2.56. The molecule has 2 aliphatic carbocycles. The molecule has 0 radical (unpaired) electrons. The average Bonchev–Trinajstić information content (AvgIpc) is 2.42. The van der Waals surface area contributed by atoms with E-state index in [0.717, 1.165) is 36.8 Å². The Hall–Kier alpha value is -0.530. The summed E-state index contributed by atoms with van der Waals surface area (Å²) in [4.78, 5) is 14.3. The first-order valence-electron chi connectivity index (χ1n) is 6.73. The van der Waals surface area contributed by atoms with E-state index < -0.39 is 0 Å². The van der Waals surface area contributed by atoms with Crippen LogP contribution >= 0.6 is 0 Å². The second kappa shape index (κ2) is 3.24. The lowest BCUT2D eigenvalue weighted by atomic mass is 9.48. The smallest absolute Gasteiger partial charge is 0.223 e. The average molecular weight is 221 g/mol. The maximum atomic E-state index is 12.1. The van der Waals surface area contributed by atoms with Crippen molar-refractivity contribution >= 4 is 5.91 Å². The van der Waals surface area contributed by atoms with Gasteiger partial charge in [-0.2, -0.15) is 0 Å². The summed E-state index contributed by atoms with van der Waals surface area (Å²) in [5.74, 6) is 4.14. The molecule has 1 aliphatic heterocycles. The van der Waals surface area contributed by atoms with Gasteiger partial charge in [0, 0.05) is 19.5 Å². The zero-order chi connectivity index (χ0) is 11.5. The molecular formula is C14H23NO. The second-order valence-electron chi connectivity index (χ2n) is 7.27. The zero-order valence-electron chi connectivity index (χ0n) is 10.7. The lowest BCUT2D eigenvalue weighted by Crippen LogP contribution is -2.52. The second-order valence-corrected chi connectivity index (χ2v) is 7.27. The molecule has 2 nitrogen and oxygen atoms in total. The van der Waals surface area contributed by atoms with E-state index in [2.05, 4.69) is 25.7 Å². The molecule has 4 atom stereocenters. The molecule has 16 heavy (non-hydrogen) atoms. The molecular weight excluding hydrogens is 198 g/mol. The summed E-state index contributed by atoms with van der Waals surface area (Å²) < 4.78 is 0. The van der Waals surface area contributed by atoms with E-state index in [9.17, 15) is 4.79 Å². The lowest BCUT2D eigenvalue weighted by molar-refractivity contribution is -0.132. The van der Waals surface area contributed by atoms with E-state index in [1.54, 1.807) is 0 Å². The number of carbonyl (C=O) groups is 1. The molecule has 3 rings (SSSR count). The van der Waals surface area contributed by atoms with Crippen molar-refractivity contribution in [2.45, 2.75) is 40.0 Å². The van der Waals surface area contributed by atoms with Crippen LogP contribution in [-0.4, -0.2) is 23.9 Å². The first kappa shape index (κ1) is 10.6. The maximum absolute atomic E-state index is 12.1. The van der Waals surface area contributed by atoms with E-state index in [0.29, 0.717) is 12.3 Å². The van der Waals surface area contributed by atoms with Gasteiger partial charge in [0.1, 0.15) is 0 Å². The number of fused-ring (bicyclic) bond motifs is 4. The van der Waals surface area contributed by atoms with Crippen LogP contribution in [0.4, 0.5) is 0 Å². The Morgan fingerprint density at radius 1 is 1.06 bits per heavy atom. The molecule has 0 N–H and O–H groups in total. The molecule has 90 valence electrons. The van der Waals surface area contributed by atoms with E-state index in [4.69, 9.17) is 0 Å². The monoisotopic (exact) mass is 221 g/mol. The van der Waals surface area contributed by atoms with Crippen molar-refractivity contribution in [1.29, 1.82) is 0 Å². The van der Waals surface area contributed by atoms with Gasteiger partial charge in [-0.15, -0.1) is 0 Å². The number of nitrogens with zero attached hydrogens (tertiary/aromatic N) is 1. The fourth-order valence-corrected chi connectivity index (χ4v) is 4.00. The third kappa shape index (κ3) is 1.49. The highest BCUT2D eigenvalue weighted by Crippen LogP contribution is 2.61. The number of rotatable bonds is 1. The van der Waals surface area contributed by atoms with Crippen molar-refractivity contribution in [2.24, 2.45) is 29.1 Å². The number of likely N-dealkylation sites (tertiary alicyclic amines) is 1. The van der Waals surface area contributed by atoms with Gasteiger partial charge in [0.2, 0.25) is 5.91 Å². The summed E-state index contributed by atoms with van der Waals surface area (Å²) >= 11 is 0. The Kier molecular flexibility index (Phi) is 2.15. The Bertz CT molecular complexity index is 299. The largest absolute Gasteiger partial charge is 0.342 e. The van der Waals surface area contributed by atoms with Crippen LogP contribution in [0.5, 0.6) is 0 Å². The summed E-state index contributed by atoms with van der Waals surface area (Å²) in [6.45, 7) is 8.60. The standard InChI is InChI=1S/C14H23NO/c1-14(2,3)6-13(16)15-7-11-9-4-5-10(9)12(11)8-15/h9-12H,4-8H2,1-3H3/t9-,10?,11?,12?/m1/s1. The van der Waals surface area contributed by atoms with Gasteiger partial charge >= 0.3 is 0 Å². The molecule has 2 saturated carbocycles. The zero-order valence-corrected chi connectivity index (χ0v) is 10.7. The predicted molar refractivity (Wildman–Crippen MR) is 63.8 cm³/mol. The molecule has 3 unspecified atom stereocenters. The van der Waals surface area contributed by atoms with Crippen LogP contribution < -0.4 is 0 Å². The fraction of sp³-hybridized carbons (Fsp3) is 0.929. The predicted octanol–water partition coefficient (Wildman–Crippen LogP) is 2.54. The Labute approximate surface area is 98.4 Å². The summed E-state index contributed by atoms with van der Waals surface area (Å²) in [7, 11) is 0. The van der Waals surface area contributed by atoms with E-state index in [1.165, 1.54) is 12.8 Å². The third-order valence-electron chi connectivity index (χ3n) is 4.93. The first-order chi connectivity index (χ1) is 7.46. The number of amides is 1. The van der Waals surface area contributed by atoms with Gasteiger partial charge < -0.3 is 4.90 Å². The van der Waals surface area contributed by atoms with Crippen molar-refractivity contribution in [3.63, 3.8) is 0 Å². The van der Waals surface area contributed by atoms with Crippen molar-refractivity contribution in [2.75, 3.05) is 13.1 Å². The fourth-order valence-electron chi connectivity index (χ4n) is 4.00. The molecule has 0 aromatic heterocycles. The topological polar surface area (TPSA) is 20.3 Å². The molecule has 1 saturated heterocycles. The molecule has 3 fully saturated rings. The van der Waals surface area contributed by atoms with Gasteiger partial charge in [0.15, 0.2) is 0 Å². The normalized spacial score (nSPS) is 40.8. The van der Waals surface area contributed by atoms with Crippen LogP contribution in [0.1, 0.15) is 40.0 Å². The molecule has 0 aromatic carbocycles. The Balaban J connectivity index is 1.59. The van der Waals surface area contributed by atoms with Gasteiger partial charge in [-0.3, -0.25) is 4.79 Å².